The number of hydrogen-bond donors (Lipinski definition) is 2. The second kappa shape index (κ2) is 4.35. The minimum Gasteiger partial charge on any atom is -0.480 e. The van der Waals surface area contributed by atoms with Crippen LogP contribution in [0.2, 0.25) is 0 Å². The van der Waals surface area contributed by atoms with E-state index in [9.17, 15) is 14.7 Å². The van der Waals surface area contributed by atoms with Gasteiger partial charge in [-0.05, 0) is 23.5 Å². The predicted molar refractivity (Wildman–Crippen MR) is 59.7 cm³/mol. The van der Waals surface area contributed by atoms with Crippen LogP contribution in [-0.2, 0) is 4.79 Å². The van der Waals surface area contributed by atoms with Crippen LogP contribution in [0.4, 0.5) is 0 Å². The van der Waals surface area contributed by atoms with Crippen molar-refractivity contribution in [2.45, 2.75) is 32.7 Å². The lowest BCUT2D eigenvalue weighted by atomic mass is 9.76. The standard InChI is InChI=1S/C10H15N5O3/c1-10(2)4-3-5-15(6(10)9(17)18)8(16)7-11-13-14-12-7/h6H,3-5H2,1-2H3,(H,17,18)(H,11,12,13,14). The van der Waals surface area contributed by atoms with Gasteiger partial charge in [0, 0.05) is 6.54 Å². The van der Waals surface area contributed by atoms with Gasteiger partial charge in [-0.2, -0.15) is 5.21 Å². The zero-order chi connectivity index (χ0) is 13.3. The number of likely N-dealkylation sites (tertiary alicyclic amines) is 1. The molecule has 1 saturated heterocycles. The van der Waals surface area contributed by atoms with E-state index in [0.717, 1.165) is 12.8 Å². The van der Waals surface area contributed by atoms with Crippen molar-refractivity contribution in [2.24, 2.45) is 5.41 Å². The molecule has 8 heteroatoms. The normalized spacial score (nSPS) is 22.8. The Morgan fingerprint density at radius 3 is 2.78 bits per heavy atom. The van der Waals surface area contributed by atoms with Crippen LogP contribution >= 0.6 is 0 Å². The van der Waals surface area contributed by atoms with Gasteiger partial charge in [0.2, 0.25) is 0 Å². The number of carboxylic acid groups (broad SMARTS) is 1. The molecule has 0 bridgehead atoms. The number of H-pyrrole nitrogens is 1. The highest BCUT2D eigenvalue weighted by Gasteiger charge is 2.45. The summed E-state index contributed by atoms with van der Waals surface area (Å²) in [6.07, 6.45) is 1.53. The number of carbonyl (C=O) groups is 2. The SMILES string of the molecule is CC1(C)CCCN(C(=O)c2nn[nH]n2)C1C(=O)O. The summed E-state index contributed by atoms with van der Waals surface area (Å²) >= 11 is 0. The fraction of sp³-hybridized carbons (Fsp3) is 0.700. The molecule has 0 saturated carbocycles. The van der Waals surface area contributed by atoms with Gasteiger partial charge in [0.25, 0.3) is 11.7 Å². The molecule has 1 fully saturated rings. The van der Waals surface area contributed by atoms with E-state index in [1.54, 1.807) is 0 Å². The van der Waals surface area contributed by atoms with Crippen molar-refractivity contribution in [3.63, 3.8) is 0 Å². The number of amides is 1. The minimum atomic E-state index is -1.00. The molecule has 0 radical (unpaired) electrons. The first-order chi connectivity index (χ1) is 8.43. The topological polar surface area (TPSA) is 112 Å². The van der Waals surface area contributed by atoms with Crippen LogP contribution in [-0.4, -0.2) is 55.1 Å². The summed E-state index contributed by atoms with van der Waals surface area (Å²) in [5.74, 6) is -1.60. The first kappa shape index (κ1) is 12.5. The number of tetrazole rings is 1. The molecular formula is C10H15N5O3. The number of aromatic amines is 1. The minimum absolute atomic E-state index is 0.0982. The summed E-state index contributed by atoms with van der Waals surface area (Å²) in [5.41, 5.74) is -0.469. The van der Waals surface area contributed by atoms with Gasteiger partial charge < -0.3 is 10.0 Å². The maximum Gasteiger partial charge on any atom is 0.326 e. The molecule has 0 aliphatic carbocycles. The molecule has 1 aromatic heterocycles. The highest BCUT2D eigenvalue weighted by Crippen LogP contribution is 2.35. The van der Waals surface area contributed by atoms with Crippen LogP contribution in [0.5, 0.6) is 0 Å². The van der Waals surface area contributed by atoms with Crippen LogP contribution in [0.25, 0.3) is 0 Å². The summed E-state index contributed by atoms with van der Waals surface area (Å²) in [5, 5.41) is 22.0. The maximum absolute atomic E-state index is 12.1. The van der Waals surface area contributed by atoms with Crippen LogP contribution in [0.3, 0.4) is 0 Å². The summed E-state index contributed by atoms with van der Waals surface area (Å²) in [7, 11) is 0. The lowest BCUT2D eigenvalue weighted by Gasteiger charge is -2.43. The molecule has 1 aromatic rings. The zero-order valence-electron chi connectivity index (χ0n) is 10.3. The van der Waals surface area contributed by atoms with E-state index in [1.807, 2.05) is 13.8 Å². The number of carbonyl (C=O) groups excluding carboxylic acids is 1. The first-order valence-electron chi connectivity index (χ1n) is 5.71. The average molecular weight is 253 g/mol. The van der Waals surface area contributed by atoms with E-state index in [-0.39, 0.29) is 5.82 Å². The van der Waals surface area contributed by atoms with Gasteiger partial charge in [0.15, 0.2) is 0 Å². The Morgan fingerprint density at radius 2 is 2.22 bits per heavy atom. The molecule has 8 nitrogen and oxygen atoms in total. The number of piperidine rings is 1. The Morgan fingerprint density at radius 1 is 1.50 bits per heavy atom. The van der Waals surface area contributed by atoms with Gasteiger partial charge in [0.1, 0.15) is 6.04 Å². The second-order valence-corrected chi connectivity index (χ2v) is 5.07. The molecule has 18 heavy (non-hydrogen) atoms. The van der Waals surface area contributed by atoms with Crippen molar-refractivity contribution in [3.05, 3.63) is 5.82 Å². The molecule has 2 rings (SSSR count). The van der Waals surface area contributed by atoms with Gasteiger partial charge in [0.05, 0.1) is 0 Å². The van der Waals surface area contributed by atoms with Crippen LogP contribution in [0, 0.1) is 5.41 Å². The average Bonchev–Trinajstić information content (AvgIpc) is 2.79. The quantitative estimate of drug-likeness (QED) is 0.762. The van der Waals surface area contributed by atoms with Gasteiger partial charge in [-0.25, -0.2) is 4.79 Å². The van der Waals surface area contributed by atoms with E-state index in [0.29, 0.717) is 6.54 Å². The van der Waals surface area contributed by atoms with Crippen molar-refractivity contribution in [1.29, 1.82) is 0 Å². The monoisotopic (exact) mass is 253 g/mol. The van der Waals surface area contributed by atoms with Gasteiger partial charge in [-0.1, -0.05) is 13.8 Å². The second-order valence-electron chi connectivity index (χ2n) is 5.07. The van der Waals surface area contributed by atoms with Crippen molar-refractivity contribution < 1.29 is 14.7 Å². The third-order valence-corrected chi connectivity index (χ3v) is 3.30. The lowest BCUT2D eigenvalue weighted by molar-refractivity contribution is -0.148. The molecule has 0 spiro atoms. The van der Waals surface area contributed by atoms with E-state index >= 15 is 0 Å². The third-order valence-electron chi connectivity index (χ3n) is 3.30. The number of nitrogens with zero attached hydrogens (tertiary/aromatic N) is 4. The van der Waals surface area contributed by atoms with Crippen molar-refractivity contribution >= 4 is 11.9 Å². The number of aromatic nitrogens is 4. The number of aliphatic carboxylic acids is 1. The van der Waals surface area contributed by atoms with Gasteiger partial charge in [-0.15, -0.1) is 10.2 Å². The molecule has 2 N–H and O–H groups in total. The molecule has 1 amide bonds. The Kier molecular flexibility index (Phi) is 3.02. The summed E-state index contributed by atoms with van der Waals surface area (Å²) < 4.78 is 0. The van der Waals surface area contributed by atoms with E-state index in [2.05, 4.69) is 20.6 Å². The van der Waals surface area contributed by atoms with E-state index < -0.39 is 23.3 Å². The fourth-order valence-electron chi connectivity index (χ4n) is 2.46. The molecule has 98 valence electrons. The fourth-order valence-corrected chi connectivity index (χ4v) is 2.46. The van der Waals surface area contributed by atoms with Crippen molar-refractivity contribution in [2.75, 3.05) is 6.54 Å². The Labute approximate surface area is 103 Å². The van der Waals surface area contributed by atoms with Gasteiger partial charge >= 0.3 is 5.97 Å². The largest absolute Gasteiger partial charge is 0.480 e. The highest BCUT2D eigenvalue weighted by molar-refractivity contribution is 5.93. The van der Waals surface area contributed by atoms with Crippen LogP contribution in [0.1, 0.15) is 37.3 Å². The summed E-state index contributed by atoms with van der Waals surface area (Å²) in [6.45, 7) is 4.09. The molecule has 2 heterocycles. The molecule has 1 unspecified atom stereocenters. The summed E-state index contributed by atoms with van der Waals surface area (Å²) in [4.78, 5) is 24.9. The van der Waals surface area contributed by atoms with E-state index in [1.165, 1.54) is 4.90 Å². The Balaban J connectivity index is 2.30. The summed E-state index contributed by atoms with van der Waals surface area (Å²) in [6, 6.07) is -0.864. The number of rotatable bonds is 2. The first-order valence-corrected chi connectivity index (χ1v) is 5.71. The molecular weight excluding hydrogens is 238 g/mol. The van der Waals surface area contributed by atoms with Crippen LogP contribution < -0.4 is 0 Å². The molecule has 1 atom stereocenters. The Bertz CT molecular complexity index is 456. The third kappa shape index (κ3) is 2.05. The number of nitrogens with one attached hydrogen (secondary N) is 1. The predicted octanol–water partition coefficient (Wildman–Crippen LogP) is -0.0849. The molecule has 1 aliphatic rings. The van der Waals surface area contributed by atoms with Crippen molar-refractivity contribution in [1.82, 2.24) is 25.5 Å². The van der Waals surface area contributed by atoms with E-state index in [4.69, 9.17) is 0 Å². The number of hydrogen-bond acceptors (Lipinski definition) is 5. The Hall–Kier alpha value is -1.99. The van der Waals surface area contributed by atoms with Crippen LogP contribution in [0.15, 0.2) is 0 Å². The molecule has 0 aromatic carbocycles. The molecule has 1 aliphatic heterocycles. The number of carboxylic acids is 1. The highest BCUT2D eigenvalue weighted by atomic mass is 16.4. The van der Waals surface area contributed by atoms with Crippen molar-refractivity contribution in [3.8, 4) is 0 Å². The zero-order valence-corrected chi connectivity index (χ0v) is 10.3. The lowest BCUT2D eigenvalue weighted by Crippen LogP contribution is -2.56. The van der Waals surface area contributed by atoms with Gasteiger partial charge in [-0.3, -0.25) is 4.79 Å². The smallest absolute Gasteiger partial charge is 0.326 e. The maximum atomic E-state index is 12.1.